The van der Waals surface area contributed by atoms with Gasteiger partial charge >= 0.3 is 0 Å². The number of nitrogens with two attached hydrogens (primary N) is 1. The lowest BCUT2D eigenvalue weighted by molar-refractivity contribution is 0.186. The Morgan fingerprint density at radius 2 is 2.13 bits per heavy atom. The topological polar surface area (TPSA) is 48.1 Å². The van der Waals surface area contributed by atoms with Crippen LogP contribution in [0.4, 0.5) is 0 Å². The molecule has 0 aliphatic rings. The van der Waals surface area contributed by atoms with Crippen LogP contribution in [0, 0.1) is 0 Å². The van der Waals surface area contributed by atoms with Crippen LogP contribution in [0.5, 0.6) is 0 Å². The Labute approximate surface area is 88.9 Å². The zero-order chi connectivity index (χ0) is 10.7. The molecule has 78 valence electrons. The molecule has 0 bridgehead atoms. The predicted molar refractivity (Wildman–Crippen MR) is 60.3 cm³/mol. The average molecular weight is 202 g/mol. The molecule has 0 saturated heterocycles. The van der Waals surface area contributed by atoms with Gasteiger partial charge in [0.2, 0.25) is 0 Å². The number of aromatic nitrogens is 1. The second-order valence-electron chi connectivity index (χ2n) is 3.43. The van der Waals surface area contributed by atoms with E-state index in [0.29, 0.717) is 13.2 Å². The standard InChI is InChI=1S/C12H14N2O/c1-15-8-10-4-2-3-9-5-6-11(7-13)14-12(9)10/h2-6H,7-8,13H2,1H3. The van der Waals surface area contributed by atoms with Crippen LogP contribution in [0.3, 0.4) is 0 Å². The lowest BCUT2D eigenvalue weighted by Gasteiger charge is -2.06. The van der Waals surface area contributed by atoms with Gasteiger partial charge in [0.05, 0.1) is 17.8 Å². The summed E-state index contributed by atoms with van der Waals surface area (Å²) in [4.78, 5) is 4.51. The highest BCUT2D eigenvalue weighted by molar-refractivity contribution is 5.81. The van der Waals surface area contributed by atoms with Crippen LogP contribution in [-0.2, 0) is 17.9 Å². The molecule has 1 heterocycles. The number of hydrogen-bond acceptors (Lipinski definition) is 3. The van der Waals surface area contributed by atoms with Gasteiger partial charge in [0, 0.05) is 24.6 Å². The SMILES string of the molecule is COCc1cccc2ccc(CN)nc12. The molecule has 0 atom stereocenters. The number of hydrogen-bond donors (Lipinski definition) is 1. The molecule has 2 N–H and O–H groups in total. The lowest BCUT2D eigenvalue weighted by Crippen LogP contribution is -2.00. The minimum atomic E-state index is 0.470. The van der Waals surface area contributed by atoms with E-state index in [9.17, 15) is 0 Å². The molecule has 0 fully saturated rings. The van der Waals surface area contributed by atoms with Gasteiger partial charge < -0.3 is 10.5 Å². The van der Waals surface area contributed by atoms with E-state index in [1.807, 2.05) is 30.3 Å². The predicted octanol–water partition coefficient (Wildman–Crippen LogP) is 1.84. The molecule has 0 radical (unpaired) electrons. The van der Waals surface area contributed by atoms with Gasteiger partial charge in [-0.3, -0.25) is 4.98 Å². The van der Waals surface area contributed by atoms with Crippen LogP contribution < -0.4 is 5.73 Å². The summed E-state index contributed by atoms with van der Waals surface area (Å²) in [5.41, 5.74) is 8.57. The molecule has 0 spiro atoms. The van der Waals surface area contributed by atoms with Gasteiger partial charge in [-0.1, -0.05) is 24.3 Å². The van der Waals surface area contributed by atoms with Crippen molar-refractivity contribution >= 4 is 10.9 Å². The number of methoxy groups -OCH3 is 1. The van der Waals surface area contributed by atoms with E-state index < -0.39 is 0 Å². The van der Waals surface area contributed by atoms with Crippen LogP contribution in [0.1, 0.15) is 11.3 Å². The highest BCUT2D eigenvalue weighted by Gasteiger charge is 2.02. The van der Waals surface area contributed by atoms with Gasteiger partial charge in [0.25, 0.3) is 0 Å². The number of pyridine rings is 1. The third kappa shape index (κ3) is 1.98. The van der Waals surface area contributed by atoms with E-state index in [2.05, 4.69) is 4.98 Å². The lowest BCUT2D eigenvalue weighted by atomic mass is 10.1. The Morgan fingerprint density at radius 3 is 2.87 bits per heavy atom. The highest BCUT2D eigenvalue weighted by Crippen LogP contribution is 2.17. The Balaban J connectivity index is 2.59. The molecule has 2 rings (SSSR count). The zero-order valence-electron chi connectivity index (χ0n) is 8.73. The normalized spacial score (nSPS) is 10.8. The van der Waals surface area contributed by atoms with Crippen LogP contribution in [0.25, 0.3) is 10.9 Å². The van der Waals surface area contributed by atoms with Gasteiger partial charge in [-0.2, -0.15) is 0 Å². The molecule has 15 heavy (non-hydrogen) atoms. The summed E-state index contributed by atoms with van der Waals surface area (Å²) in [6, 6.07) is 10.1. The molecule has 2 aromatic rings. The fourth-order valence-electron chi connectivity index (χ4n) is 1.63. The first-order chi connectivity index (χ1) is 7.35. The summed E-state index contributed by atoms with van der Waals surface area (Å²) in [6.45, 7) is 1.05. The van der Waals surface area contributed by atoms with Crippen molar-refractivity contribution in [3.05, 3.63) is 41.6 Å². The Bertz CT molecular complexity index is 468. The molecular formula is C12H14N2O. The first-order valence-corrected chi connectivity index (χ1v) is 4.91. The zero-order valence-corrected chi connectivity index (χ0v) is 8.73. The molecule has 0 aliphatic heterocycles. The van der Waals surface area contributed by atoms with Crippen LogP contribution in [0.15, 0.2) is 30.3 Å². The van der Waals surface area contributed by atoms with Gasteiger partial charge in [-0.25, -0.2) is 0 Å². The molecular weight excluding hydrogens is 188 g/mol. The second-order valence-corrected chi connectivity index (χ2v) is 3.43. The fourth-order valence-corrected chi connectivity index (χ4v) is 1.63. The smallest absolute Gasteiger partial charge is 0.0761 e. The van der Waals surface area contributed by atoms with E-state index in [1.54, 1.807) is 7.11 Å². The first kappa shape index (κ1) is 10.1. The van der Waals surface area contributed by atoms with E-state index in [0.717, 1.165) is 22.2 Å². The molecule has 0 saturated carbocycles. The second kappa shape index (κ2) is 4.38. The molecule has 0 unspecified atom stereocenters. The van der Waals surface area contributed by atoms with Crippen molar-refractivity contribution in [3.8, 4) is 0 Å². The van der Waals surface area contributed by atoms with E-state index in [1.165, 1.54) is 0 Å². The minimum Gasteiger partial charge on any atom is -0.380 e. The number of rotatable bonds is 3. The average Bonchev–Trinajstić information content (AvgIpc) is 2.29. The van der Waals surface area contributed by atoms with E-state index in [4.69, 9.17) is 10.5 Å². The molecule has 0 amide bonds. The Morgan fingerprint density at radius 1 is 1.27 bits per heavy atom. The van der Waals surface area contributed by atoms with Crippen LogP contribution in [0.2, 0.25) is 0 Å². The fraction of sp³-hybridized carbons (Fsp3) is 0.250. The molecule has 1 aromatic carbocycles. The van der Waals surface area contributed by atoms with Crippen molar-refractivity contribution in [2.45, 2.75) is 13.2 Å². The largest absolute Gasteiger partial charge is 0.380 e. The molecule has 0 aliphatic carbocycles. The number of benzene rings is 1. The summed E-state index contributed by atoms with van der Waals surface area (Å²) < 4.78 is 5.14. The van der Waals surface area contributed by atoms with Crippen molar-refractivity contribution in [3.63, 3.8) is 0 Å². The molecule has 3 heteroatoms. The maximum atomic E-state index is 5.57. The number of fused-ring (bicyclic) bond motifs is 1. The van der Waals surface area contributed by atoms with Crippen molar-refractivity contribution < 1.29 is 4.74 Å². The number of ether oxygens (including phenoxy) is 1. The first-order valence-electron chi connectivity index (χ1n) is 4.91. The third-order valence-corrected chi connectivity index (χ3v) is 2.37. The van der Waals surface area contributed by atoms with Crippen molar-refractivity contribution in [2.75, 3.05) is 7.11 Å². The summed E-state index contributed by atoms with van der Waals surface area (Å²) >= 11 is 0. The Kier molecular flexibility index (Phi) is 2.94. The molecule has 3 nitrogen and oxygen atoms in total. The Hall–Kier alpha value is -1.45. The van der Waals surface area contributed by atoms with Crippen LogP contribution >= 0.6 is 0 Å². The van der Waals surface area contributed by atoms with E-state index in [-0.39, 0.29) is 0 Å². The van der Waals surface area contributed by atoms with Crippen molar-refractivity contribution in [1.82, 2.24) is 4.98 Å². The summed E-state index contributed by atoms with van der Waals surface area (Å²) in [7, 11) is 1.69. The minimum absolute atomic E-state index is 0.470. The van der Waals surface area contributed by atoms with Gasteiger partial charge in [0.15, 0.2) is 0 Å². The highest BCUT2D eigenvalue weighted by atomic mass is 16.5. The summed E-state index contributed by atoms with van der Waals surface area (Å²) in [5.74, 6) is 0. The number of para-hydroxylation sites is 1. The summed E-state index contributed by atoms with van der Waals surface area (Å²) in [5, 5.41) is 1.13. The maximum absolute atomic E-state index is 5.57. The van der Waals surface area contributed by atoms with Gasteiger partial charge in [-0.05, 0) is 6.07 Å². The van der Waals surface area contributed by atoms with Gasteiger partial charge in [0.1, 0.15) is 0 Å². The number of nitrogens with zero attached hydrogens (tertiary/aromatic N) is 1. The monoisotopic (exact) mass is 202 g/mol. The van der Waals surface area contributed by atoms with E-state index >= 15 is 0 Å². The molecule has 1 aromatic heterocycles. The quantitative estimate of drug-likeness (QED) is 0.826. The third-order valence-electron chi connectivity index (χ3n) is 2.37. The van der Waals surface area contributed by atoms with Crippen LogP contribution in [-0.4, -0.2) is 12.1 Å². The van der Waals surface area contributed by atoms with Crippen molar-refractivity contribution in [2.24, 2.45) is 5.73 Å². The van der Waals surface area contributed by atoms with Gasteiger partial charge in [-0.15, -0.1) is 0 Å². The van der Waals surface area contributed by atoms with Crippen molar-refractivity contribution in [1.29, 1.82) is 0 Å². The summed E-state index contributed by atoms with van der Waals surface area (Å²) in [6.07, 6.45) is 0. The maximum Gasteiger partial charge on any atom is 0.0761 e.